The lowest BCUT2D eigenvalue weighted by atomic mass is 9.80. The molecule has 0 saturated heterocycles. The molecule has 9 aromatic rings. The van der Waals surface area contributed by atoms with Gasteiger partial charge in [0.1, 0.15) is 17.3 Å². The highest BCUT2D eigenvalue weighted by Crippen LogP contribution is 2.46. The Hall–Kier alpha value is -7.07. The van der Waals surface area contributed by atoms with E-state index in [-0.39, 0.29) is 21.7 Å². The Morgan fingerprint density at radius 1 is 0.448 bits per heavy atom. The number of hydrogen-bond donors (Lipinski definition) is 0. The Kier molecular flexibility index (Phi) is 10.3. The van der Waals surface area contributed by atoms with Crippen LogP contribution in [0.4, 0.5) is 22.7 Å². The Labute approximate surface area is 396 Å². The SMILES string of the molecule is CC(C)(C)c1cc([N+]2=C=[N+](c3cccc(Oc4ccc5c6cc(C(C)(C)C)ccc6n(-c6cc(C(C)(C)C)ccn6)c5c4)c3)c3cccc(-c4cccc5ccccc45)c32)cc(C(C)(C)C)c1. The van der Waals surface area contributed by atoms with Crippen LogP contribution in [0.5, 0.6) is 11.5 Å². The normalized spacial score (nSPS) is 13.3. The third kappa shape index (κ3) is 8.06. The van der Waals surface area contributed by atoms with Crippen molar-refractivity contribution in [2.75, 3.05) is 0 Å². The van der Waals surface area contributed by atoms with Crippen LogP contribution in [0.2, 0.25) is 0 Å². The molecule has 0 fully saturated rings. The molecule has 5 heteroatoms. The average Bonchev–Trinajstić information content (AvgIpc) is 3.84. The smallest absolute Gasteiger partial charge is 0.457 e. The largest absolute Gasteiger partial charge is 0.503 e. The summed E-state index contributed by atoms with van der Waals surface area (Å²) >= 11 is 0. The van der Waals surface area contributed by atoms with Gasteiger partial charge in [-0.2, -0.15) is 0 Å². The number of fused-ring (bicyclic) bond motifs is 5. The molecule has 0 aliphatic carbocycles. The molecule has 0 amide bonds. The minimum atomic E-state index is -0.0568. The van der Waals surface area contributed by atoms with Gasteiger partial charge in [0.05, 0.1) is 22.7 Å². The fraction of sp³-hybridized carbons (Fsp3) is 0.258. The number of ether oxygens (including phenoxy) is 1. The van der Waals surface area contributed by atoms with Crippen LogP contribution in [0.25, 0.3) is 49.5 Å². The van der Waals surface area contributed by atoms with Crippen molar-refractivity contribution in [3.05, 3.63) is 180 Å². The molecule has 0 N–H and O–H groups in total. The van der Waals surface area contributed by atoms with Crippen LogP contribution in [-0.4, -0.2) is 15.6 Å². The maximum atomic E-state index is 6.87. The van der Waals surface area contributed by atoms with Gasteiger partial charge in [0.25, 0.3) is 5.69 Å². The molecule has 0 radical (unpaired) electrons. The highest BCUT2D eigenvalue weighted by Gasteiger charge is 2.41. The van der Waals surface area contributed by atoms with Gasteiger partial charge in [0, 0.05) is 47.3 Å². The first-order valence-electron chi connectivity index (χ1n) is 23.7. The van der Waals surface area contributed by atoms with Crippen LogP contribution < -0.4 is 13.9 Å². The van der Waals surface area contributed by atoms with E-state index in [0.717, 1.165) is 62.0 Å². The van der Waals surface area contributed by atoms with E-state index in [1.807, 2.05) is 12.3 Å². The van der Waals surface area contributed by atoms with E-state index in [2.05, 4.69) is 248 Å². The van der Waals surface area contributed by atoms with Crippen LogP contribution in [0, 0.1) is 0 Å². The molecule has 0 saturated carbocycles. The fourth-order valence-electron chi connectivity index (χ4n) is 9.43. The summed E-state index contributed by atoms with van der Waals surface area (Å²) in [5, 5.41) is 4.79. The lowest BCUT2D eigenvalue weighted by Gasteiger charge is -2.24. The quantitative estimate of drug-likeness (QED) is 0.156. The number of nitrogens with zero attached hydrogens (tertiary/aromatic N) is 4. The van der Waals surface area contributed by atoms with Crippen molar-refractivity contribution in [3.8, 4) is 28.4 Å². The average molecular weight is 879 g/mol. The van der Waals surface area contributed by atoms with E-state index in [1.165, 1.54) is 44.0 Å². The van der Waals surface area contributed by atoms with Gasteiger partial charge in [0.2, 0.25) is 11.4 Å². The number of hydrogen-bond acceptors (Lipinski definition) is 2. The third-order valence-electron chi connectivity index (χ3n) is 13.4. The van der Waals surface area contributed by atoms with E-state index >= 15 is 0 Å². The van der Waals surface area contributed by atoms with Gasteiger partial charge < -0.3 is 4.74 Å². The molecule has 1 aliphatic rings. The predicted molar refractivity (Wildman–Crippen MR) is 284 cm³/mol. The van der Waals surface area contributed by atoms with Crippen LogP contribution in [-0.2, 0) is 21.7 Å². The zero-order chi connectivity index (χ0) is 47.2. The van der Waals surface area contributed by atoms with Gasteiger partial charge in [-0.3, -0.25) is 4.57 Å². The number of para-hydroxylation sites is 1. The van der Waals surface area contributed by atoms with Crippen LogP contribution in [0.15, 0.2) is 158 Å². The standard InChI is InChI=1S/C62H62N4O/c1-59(2,3)41-26-29-54-53(35-41)51-28-27-48(38-56(51)66(54)57-36-42(30-31-63-57)60(4,5)6)67-47-21-16-20-45(37-47)64-39-65(46-33-43(61(7,8)9)32-44(34-46)62(10,11)12)58-52(24-17-25-55(58)64)50-23-15-19-40-18-13-14-22-49(40)50/h13-38H,1-12H3/q+2. The lowest BCUT2D eigenvalue weighted by molar-refractivity contribution is 0.483. The first-order chi connectivity index (χ1) is 31.7. The Balaban J connectivity index is 1.13. The molecule has 334 valence electrons. The van der Waals surface area contributed by atoms with E-state index < -0.39 is 0 Å². The lowest BCUT2D eigenvalue weighted by Crippen LogP contribution is -2.17. The van der Waals surface area contributed by atoms with Crippen LogP contribution >= 0.6 is 0 Å². The molecule has 67 heavy (non-hydrogen) atoms. The maximum absolute atomic E-state index is 6.87. The van der Waals surface area contributed by atoms with Crippen molar-refractivity contribution in [3.63, 3.8) is 0 Å². The van der Waals surface area contributed by atoms with Crippen molar-refractivity contribution in [1.29, 1.82) is 0 Å². The monoisotopic (exact) mass is 878 g/mol. The van der Waals surface area contributed by atoms with E-state index in [9.17, 15) is 0 Å². The minimum absolute atomic E-state index is 0.00610. The molecule has 0 bridgehead atoms. The van der Waals surface area contributed by atoms with Crippen molar-refractivity contribution in [2.24, 2.45) is 0 Å². The zero-order valence-corrected chi connectivity index (χ0v) is 41.2. The first kappa shape index (κ1) is 43.8. The van der Waals surface area contributed by atoms with Crippen molar-refractivity contribution < 1.29 is 4.74 Å². The Morgan fingerprint density at radius 2 is 1.09 bits per heavy atom. The molecule has 1 aliphatic heterocycles. The number of aromatic nitrogens is 2. The second kappa shape index (κ2) is 15.8. The second-order valence-corrected chi connectivity index (χ2v) is 22.5. The molecular formula is C62H62N4O+2. The van der Waals surface area contributed by atoms with Crippen LogP contribution in [0.1, 0.15) is 105 Å². The topological polar surface area (TPSA) is 33.1 Å². The molecule has 3 heterocycles. The van der Waals surface area contributed by atoms with Gasteiger partial charge in [-0.05, 0) is 118 Å². The van der Waals surface area contributed by atoms with E-state index in [4.69, 9.17) is 9.72 Å². The summed E-state index contributed by atoms with van der Waals surface area (Å²) in [5.41, 5.74) is 13.7. The predicted octanol–water partition coefficient (Wildman–Crippen LogP) is 16.8. The van der Waals surface area contributed by atoms with Gasteiger partial charge in [-0.25, -0.2) is 4.98 Å². The summed E-state index contributed by atoms with van der Waals surface area (Å²) in [6.45, 7) is 27.3. The Morgan fingerprint density at radius 3 is 1.82 bits per heavy atom. The van der Waals surface area contributed by atoms with Crippen molar-refractivity contribution in [1.82, 2.24) is 18.7 Å². The van der Waals surface area contributed by atoms with Crippen molar-refractivity contribution in [2.45, 2.75) is 105 Å². The van der Waals surface area contributed by atoms with Gasteiger partial charge in [0.15, 0.2) is 0 Å². The summed E-state index contributed by atoms with van der Waals surface area (Å²) in [4.78, 5) is 4.96. The molecule has 10 rings (SSSR count). The maximum Gasteiger partial charge on any atom is 0.503 e. The summed E-state index contributed by atoms with van der Waals surface area (Å²) in [6, 6.07) is 59.0. The molecular weight excluding hydrogens is 817 g/mol. The fourth-order valence-corrected chi connectivity index (χ4v) is 9.43. The summed E-state index contributed by atoms with van der Waals surface area (Å²) in [6.07, 6.45) is 1.93. The van der Waals surface area contributed by atoms with Gasteiger partial charge in [-0.1, -0.05) is 150 Å². The zero-order valence-electron chi connectivity index (χ0n) is 41.2. The van der Waals surface area contributed by atoms with Gasteiger partial charge >= 0.3 is 11.7 Å². The molecule has 0 spiro atoms. The summed E-state index contributed by atoms with van der Waals surface area (Å²) in [5.74, 6) is 2.38. The molecule has 5 nitrogen and oxygen atoms in total. The van der Waals surface area contributed by atoms with Crippen molar-refractivity contribution >= 4 is 61.3 Å². The molecule has 0 unspecified atom stereocenters. The summed E-state index contributed by atoms with van der Waals surface area (Å²) in [7, 11) is 0. The molecule has 2 aromatic heterocycles. The highest BCUT2D eigenvalue weighted by molar-refractivity contribution is 6.10. The van der Waals surface area contributed by atoms with Crippen LogP contribution in [0.3, 0.4) is 0 Å². The third-order valence-corrected chi connectivity index (χ3v) is 13.4. The van der Waals surface area contributed by atoms with E-state index in [0.29, 0.717) is 0 Å². The molecule has 7 aromatic carbocycles. The second-order valence-electron chi connectivity index (χ2n) is 22.5. The van der Waals surface area contributed by atoms with Gasteiger partial charge in [-0.15, -0.1) is 0 Å². The minimum Gasteiger partial charge on any atom is -0.457 e. The first-order valence-corrected chi connectivity index (χ1v) is 23.7. The van der Waals surface area contributed by atoms with E-state index in [1.54, 1.807) is 0 Å². The summed E-state index contributed by atoms with van der Waals surface area (Å²) < 4.78 is 13.6. The molecule has 0 atom stereocenters. The highest BCUT2D eigenvalue weighted by atomic mass is 16.5. The number of pyridine rings is 1. The number of benzene rings is 7. The number of rotatable bonds is 6. The Bertz CT molecular complexity index is 3480.